The van der Waals surface area contributed by atoms with E-state index < -0.39 is 0 Å². The Morgan fingerprint density at radius 1 is 1.10 bits per heavy atom. The third kappa shape index (κ3) is 3.95. The Kier molecular flexibility index (Phi) is 5.33. The minimum atomic E-state index is -0.384. The van der Waals surface area contributed by atoms with Gasteiger partial charge in [-0.15, -0.1) is 11.3 Å². The van der Waals surface area contributed by atoms with Crippen molar-refractivity contribution in [2.24, 2.45) is 0 Å². The van der Waals surface area contributed by atoms with Crippen molar-refractivity contribution in [3.63, 3.8) is 0 Å². The number of anilines is 1. The van der Waals surface area contributed by atoms with Crippen LogP contribution in [0, 0.1) is 13.8 Å². The smallest absolute Gasteiger partial charge is 0.294 e. The number of aryl methyl sites for hydroxylation is 2. The summed E-state index contributed by atoms with van der Waals surface area (Å²) in [6, 6.07) is 14.9. The molecule has 4 rings (SSSR count). The summed E-state index contributed by atoms with van der Waals surface area (Å²) < 4.78 is 7.10. The molecule has 152 valence electrons. The lowest BCUT2D eigenvalue weighted by Gasteiger charge is -2.10. The van der Waals surface area contributed by atoms with Gasteiger partial charge in [0.1, 0.15) is 18.0 Å². The van der Waals surface area contributed by atoms with Crippen molar-refractivity contribution >= 4 is 33.1 Å². The zero-order valence-electron chi connectivity index (χ0n) is 16.8. The zero-order chi connectivity index (χ0) is 21.3. The number of methoxy groups -OCH3 is 1. The summed E-state index contributed by atoms with van der Waals surface area (Å²) in [6.07, 6.45) is 0. The summed E-state index contributed by atoms with van der Waals surface area (Å²) in [5, 5.41) is 8.07. The molecule has 1 N–H and O–H groups in total. The van der Waals surface area contributed by atoms with Gasteiger partial charge in [0.2, 0.25) is 5.91 Å². The largest absolute Gasteiger partial charge is 0.497 e. The van der Waals surface area contributed by atoms with E-state index in [0.717, 1.165) is 21.9 Å². The third-order valence-electron chi connectivity index (χ3n) is 4.60. The summed E-state index contributed by atoms with van der Waals surface area (Å²) >= 11 is 1.41. The van der Waals surface area contributed by atoms with E-state index in [-0.39, 0.29) is 18.0 Å². The second-order valence-electron chi connectivity index (χ2n) is 6.86. The predicted molar refractivity (Wildman–Crippen MR) is 118 cm³/mol. The molecule has 0 atom stereocenters. The monoisotopic (exact) mass is 420 g/mol. The van der Waals surface area contributed by atoms with Crippen LogP contribution in [0.1, 0.15) is 10.6 Å². The fourth-order valence-electron chi connectivity index (χ4n) is 3.08. The molecule has 30 heavy (non-hydrogen) atoms. The van der Waals surface area contributed by atoms with Crippen molar-refractivity contribution < 1.29 is 9.53 Å². The Labute approximate surface area is 177 Å². The molecule has 0 bridgehead atoms. The lowest BCUT2D eigenvalue weighted by Crippen LogP contribution is -2.30. The van der Waals surface area contributed by atoms with E-state index in [4.69, 9.17) is 4.74 Å². The summed E-state index contributed by atoms with van der Waals surface area (Å²) in [5.74, 6) is 0.390. The van der Waals surface area contributed by atoms with Gasteiger partial charge >= 0.3 is 0 Å². The highest BCUT2D eigenvalue weighted by atomic mass is 32.1. The Hall–Kier alpha value is -3.52. The number of carbonyl (C=O) groups excluding carboxylic acids is 1. The average molecular weight is 420 g/mol. The molecule has 0 aliphatic carbocycles. The number of benzene rings is 2. The van der Waals surface area contributed by atoms with Gasteiger partial charge in [-0.1, -0.05) is 17.7 Å². The number of thiazole rings is 1. The van der Waals surface area contributed by atoms with Crippen LogP contribution < -0.4 is 15.6 Å². The SMILES string of the molecule is COc1ccc(-c2nn(CC(=O)Nc3ccc(C)cc3)c(=O)c3nc(C)sc23)cc1. The molecule has 2 heterocycles. The number of ether oxygens (including phenoxy) is 1. The summed E-state index contributed by atoms with van der Waals surface area (Å²) in [5.41, 5.74) is 3.13. The molecule has 0 spiro atoms. The summed E-state index contributed by atoms with van der Waals surface area (Å²) in [7, 11) is 1.60. The fraction of sp³-hybridized carbons (Fsp3) is 0.182. The van der Waals surface area contributed by atoms with Gasteiger partial charge in [-0.2, -0.15) is 5.10 Å². The van der Waals surface area contributed by atoms with Crippen molar-refractivity contribution in [3.05, 3.63) is 69.5 Å². The van der Waals surface area contributed by atoms with Gasteiger partial charge in [0.15, 0.2) is 5.52 Å². The highest BCUT2D eigenvalue weighted by Crippen LogP contribution is 2.30. The predicted octanol–water partition coefficient (Wildman–Crippen LogP) is 3.78. The number of hydrogen-bond donors (Lipinski definition) is 1. The van der Waals surface area contributed by atoms with Crippen LogP contribution in [0.25, 0.3) is 21.5 Å². The number of carbonyl (C=O) groups is 1. The van der Waals surface area contributed by atoms with Crippen molar-refractivity contribution in [2.75, 3.05) is 12.4 Å². The van der Waals surface area contributed by atoms with Crippen molar-refractivity contribution in [3.8, 4) is 17.0 Å². The Bertz CT molecular complexity index is 1270. The minimum absolute atomic E-state index is 0.206. The molecule has 1 amide bonds. The molecule has 7 nitrogen and oxygen atoms in total. The first-order valence-electron chi connectivity index (χ1n) is 9.34. The molecule has 0 saturated carbocycles. The Morgan fingerprint density at radius 2 is 1.80 bits per heavy atom. The standard InChI is InChI=1S/C22H20N4O3S/c1-13-4-8-16(9-5-13)24-18(27)12-26-22(28)20-21(30-14(2)23-20)19(25-26)15-6-10-17(29-3)11-7-15/h4-11H,12H2,1-3H3,(H,24,27). The number of nitrogens with one attached hydrogen (secondary N) is 1. The molecular weight excluding hydrogens is 400 g/mol. The van der Waals surface area contributed by atoms with E-state index in [0.29, 0.717) is 21.6 Å². The van der Waals surface area contributed by atoms with Gasteiger partial charge in [0, 0.05) is 11.3 Å². The molecule has 8 heteroatoms. The van der Waals surface area contributed by atoms with Gasteiger partial charge in [-0.05, 0) is 50.2 Å². The molecule has 2 aromatic heterocycles. The fourth-order valence-corrected chi connectivity index (χ4v) is 4.00. The molecule has 0 fully saturated rings. The van der Waals surface area contributed by atoms with Crippen LogP contribution in [0.5, 0.6) is 5.75 Å². The normalized spacial score (nSPS) is 10.9. The first-order chi connectivity index (χ1) is 14.4. The Morgan fingerprint density at radius 3 is 2.47 bits per heavy atom. The van der Waals surface area contributed by atoms with Gasteiger partial charge in [0.25, 0.3) is 5.56 Å². The van der Waals surface area contributed by atoms with Crippen LogP contribution in [0.15, 0.2) is 53.3 Å². The quantitative estimate of drug-likeness (QED) is 0.531. The highest BCUT2D eigenvalue weighted by molar-refractivity contribution is 7.19. The van der Waals surface area contributed by atoms with Gasteiger partial charge in [-0.3, -0.25) is 9.59 Å². The molecule has 0 radical (unpaired) electrons. The molecule has 2 aromatic carbocycles. The van der Waals surface area contributed by atoms with Crippen molar-refractivity contribution in [2.45, 2.75) is 20.4 Å². The average Bonchev–Trinajstić information content (AvgIpc) is 3.14. The minimum Gasteiger partial charge on any atom is -0.497 e. The number of aromatic nitrogens is 3. The van der Waals surface area contributed by atoms with Crippen LogP contribution in [0.2, 0.25) is 0 Å². The first kappa shape index (κ1) is 19.8. The van der Waals surface area contributed by atoms with Gasteiger partial charge < -0.3 is 10.1 Å². The molecule has 0 saturated heterocycles. The van der Waals surface area contributed by atoms with Crippen LogP contribution in [-0.4, -0.2) is 27.8 Å². The third-order valence-corrected chi connectivity index (χ3v) is 5.58. The topological polar surface area (TPSA) is 86.1 Å². The van der Waals surface area contributed by atoms with E-state index in [1.54, 1.807) is 7.11 Å². The molecule has 0 unspecified atom stereocenters. The number of amides is 1. The summed E-state index contributed by atoms with van der Waals surface area (Å²) in [6.45, 7) is 3.61. The van der Waals surface area contributed by atoms with Gasteiger partial charge in [-0.25, -0.2) is 9.67 Å². The molecule has 0 aliphatic rings. The lowest BCUT2D eigenvalue weighted by atomic mass is 10.1. The van der Waals surface area contributed by atoms with Crippen LogP contribution in [-0.2, 0) is 11.3 Å². The number of nitrogens with zero attached hydrogens (tertiary/aromatic N) is 3. The van der Waals surface area contributed by atoms with E-state index >= 15 is 0 Å². The van der Waals surface area contributed by atoms with Crippen LogP contribution in [0.3, 0.4) is 0 Å². The van der Waals surface area contributed by atoms with Crippen molar-refractivity contribution in [1.82, 2.24) is 14.8 Å². The van der Waals surface area contributed by atoms with Crippen molar-refractivity contribution in [1.29, 1.82) is 0 Å². The van der Waals surface area contributed by atoms with E-state index in [1.807, 2.05) is 62.4 Å². The lowest BCUT2D eigenvalue weighted by molar-refractivity contribution is -0.117. The van der Waals surface area contributed by atoms with E-state index in [1.165, 1.54) is 16.0 Å². The highest BCUT2D eigenvalue weighted by Gasteiger charge is 2.18. The molecule has 0 aliphatic heterocycles. The second-order valence-corrected chi connectivity index (χ2v) is 8.07. The van der Waals surface area contributed by atoms with E-state index in [9.17, 15) is 9.59 Å². The number of fused-ring (bicyclic) bond motifs is 1. The molecular formula is C22H20N4O3S. The Balaban J connectivity index is 1.72. The van der Waals surface area contributed by atoms with Gasteiger partial charge in [0.05, 0.1) is 16.8 Å². The molecule has 4 aromatic rings. The maximum Gasteiger partial charge on any atom is 0.294 e. The van der Waals surface area contributed by atoms with Crippen LogP contribution >= 0.6 is 11.3 Å². The second kappa shape index (κ2) is 8.08. The zero-order valence-corrected chi connectivity index (χ0v) is 17.6. The first-order valence-corrected chi connectivity index (χ1v) is 10.2. The maximum absolute atomic E-state index is 12.9. The summed E-state index contributed by atoms with van der Waals surface area (Å²) in [4.78, 5) is 29.8. The number of rotatable bonds is 5. The number of hydrogen-bond acceptors (Lipinski definition) is 6. The van der Waals surface area contributed by atoms with Crippen LogP contribution in [0.4, 0.5) is 5.69 Å². The maximum atomic E-state index is 12.9. The van der Waals surface area contributed by atoms with E-state index in [2.05, 4.69) is 15.4 Å².